The number of aromatic nitrogens is 4. The van der Waals surface area contributed by atoms with Crippen LogP contribution >= 0.6 is 0 Å². The molecule has 0 fully saturated rings. The molecule has 10 rings (SSSR count). The maximum Gasteiger partial charge on any atom is 0.0711 e. The van der Waals surface area contributed by atoms with Crippen molar-refractivity contribution in [2.24, 2.45) is 0 Å². The molecular weight excluding hydrogens is 633 g/mol. The predicted octanol–water partition coefficient (Wildman–Crippen LogP) is 12.3. The Labute approximate surface area is 301 Å². The fourth-order valence-electron chi connectivity index (χ4n) is 7.97. The third-order valence-corrected chi connectivity index (χ3v) is 10.5. The number of nitrogens with zero attached hydrogens (tertiary/aromatic N) is 4. The van der Waals surface area contributed by atoms with Crippen LogP contribution < -0.4 is 0 Å². The summed E-state index contributed by atoms with van der Waals surface area (Å²) in [5, 5.41) is 5.02. The smallest absolute Gasteiger partial charge is 0.0711 e. The monoisotopic (exact) mass is 666 g/mol. The van der Waals surface area contributed by atoms with Crippen molar-refractivity contribution >= 4 is 43.6 Å². The maximum absolute atomic E-state index is 4.90. The van der Waals surface area contributed by atoms with Crippen LogP contribution in [-0.2, 0) is 0 Å². The molecule has 0 bridgehead atoms. The van der Waals surface area contributed by atoms with Crippen molar-refractivity contribution in [1.29, 1.82) is 0 Å². The minimum atomic E-state index is 0.945. The molecule has 0 N–H and O–H groups in total. The van der Waals surface area contributed by atoms with Crippen LogP contribution in [0.3, 0.4) is 0 Å². The summed E-state index contributed by atoms with van der Waals surface area (Å²) >= 11 is 0. The average molecular weight is 667 g/mol. The molecule has 4 aromatic heterocycles. The molecule has 4 heterocycles. The summed E-state index contributed by atoms with van der Waals surface area (Å²) in [5.74, 6) is 0. The molecule has 0 aliphatic heterocycles. The van der Waals surface area contributed by atoms with Gasteiger partial charge in [-0.25, -0.2) is 0 Å². The van der Waals surface area contributed by atoms with Gasteiger partial charge in [0.05, 0.1) is 33.5 Å². The molecule has 0 radical (unpaired) electrons. The first-order chi connectivity index (χ1) is 25.6. The summed E-state index contributed by atoms with van der Waals surface area (Å²) in [6.07, 6.45) is 3.84. The average Bonchev–Trinajstić information content (AvgIpc) is 3.72. The van der Waals surface area contributed by atoms with Crippen LogP contribution in [0.25, 0.3) is 88.6 Å². The lowest BCUT2D eigenvalue weighted by molar-refractivity contribution is 1.17. The highest BCUT2D eigenvalue weighted by molar-refractivity contribution is 6.10. The van der Waals surface area contributed by atoms with Gasteiger partial charge in [0.25, 0.3) is 0 Å². The van der Waals surface area contributed by atoms with Gasteiger partial charge in [0.15, 0.2) is 0 Å². The van der Waals surface area contributed by atoms with Crippen LogP contribution in [0.5, 0.6) is 0 Å². The highest BCUT2D eigenvalue weighted by Gasteiger charge is 2.16. The van der Waals surface area contributed by atoms with E-state index >= 15 is 0 Å². The van der Waals surface area contributed by atoms with Gasteiger partial charge in [0, 0.05) is 56.4 Å². The van der Waals surface area contributed by atoms with Crippen molar-refractivity contribution in [2.75, 3.05) is 0 Å². The molecule has 10 aromatic rings. The largest absolute Gasteiger partial charge is 0.309 e. The molecule has 6 aromatic carbocycles. The highest BCUT2D eigenvalue weighted by Crippen LogP contribution is 2.37. The van der Waals surface area contributed by atoms with Gasteiger partial charge in [-0.3, -0.25) is 9.97 Å². The first-order valence-electron chi connectivity index (χ1n) is 17.7. The van der Waals surface area contributed by atoms with E-state index in [0.717, 1.165) is 45.0 Å². The zero-order valence-corrected chi connectivity index (χ0v) is 29.0. The van der Waals surface area contributed by atoms with Gasteiger partial charge in [-0.05, 0) is 109 Å². The maximum atomic E-state index is 4.90. The Kier molecular flexibility index (Phi) is 6.90. The molecule has 246 valence electrons. The van der Waals surface area contributed by atoms with E-state index in [1.54, 1.807) is 0 Å². The molecule has 0 aliphatic rings. The Hall–Kier alpha value is -6.78. The summed E-state index contributed by atoms with van der Waals surface area (Å²) in [6.45, 7) is 4.33. The van der Waals surface area contributed by atoms with Gasteiger partial charge in [0.2, 0.25) is 0 Å². The van der Waals surface area contributed by atoms with E-state index in [1.807, 2.05) is 12.4 Å². The molecule has 4 nitrogen and oxygen atoms in total. The number of fused-ring (bicyclic) bond motifs is 6. The third-order valence-electron chi connectivity index (χ3n) is 10.5. The van der Waals surface area contributed by atoms with Gasteiger partial charge < -0.3 is 9.13 Å². The molecule has 0 saturated carbocycles. The number of benzene rings is 6. The van der Waals surface area contributed by atoms with Gasteiger partial charge in [-0.1, -0.05) is 84.9 Å². The molecule has 0 amide bonds. The van der Waals surface area contributed by atoms with Gasteiger partial charge in [-0.2, -0.15) is 0 Å². The summed E-state index contributed by atoms with van der Waals surface area (Å²) in [5.41, 5.74) is 15.7. The highest BCUT2D eigenvalue weighted by atomic mass is 15.0. The zero-order valence-electron chi connectivity index (χ0n) is 29.0. The van der Waals surface area contributed by atoms with E-state index in [2.05, 4.69) is 181 Å². The van der Waals surface area contributed by atoms with Crippen LogP contribution in [0.2, 0.25) is 0 Å². The minimum Gasteiger partial charge on any atom is -0.309 e. The lowest BCUT2D eigenvalue weighted by atomic mass is 9.98. The molecule has 4 heteroatoms. The van der Waals surface area contributed by atoms with E-state index in [9.17, 15) is 0 Å². The van der Waals surface area contributed by atoms with E-state index in [4.69, 9.17) is 9.97 Å². The van der Waals surface area contributed by atoms with Crippen LogP contribution in [0, 0.1) is 13.8 Å². The standard InChI is InChI=1S/C48H34N4/c1-31-19-21-35(51-45-15-7-3-11-37(45)38-12-4-8-16-46(38)51)29-41(31)43-27-33(23-25-49-43)34-24-26-50-44(28-34)42-30-36(22-20-32(42)2)52-47-17-9-5-13-39(47)40-14-6-10-18-48(40)52/h3-30H,1-2H3. The van der Waals surface area contributed by atoms with E-state index in [0.29, 0.717) is 0 Å². The second-order valence-corrected chi connectivity index (χ2v) is 13.6. The quantitative estimate of drug-likeness (QED) is 0.183. The predicted molar refractivity (Wildman–Crippen MR) is 216 cm³/mol. The molecule has 52 heavy (non-hydrogen) atoms. The molecular formula is C48H34N4. The lowest BCUT2D eigenvalue weighted by Crippen LogP contribution is -1.97. The van der Waals surface area contributed by atoms with Crippen LogP contribution in [0.4, 0.5) is 0 Å². The van der Waals surface area contributed by atoms with Crippen LogP contribution in [0.15, 0.2) is 170 Å². The molecule has 0 aliphatic carbocycles. The second kappa shape index (κ2) is 11.9. The second-order valence-electron chi connectivity index (χ2n) is 13.6. The first-order valence-corrected chi connectivity index (χ1v) is 17.7. The Bertz CT molecular complexity index is 2690. The van der Waals surface area contributed by atoms with Crippen molar-refractivity contribution in [3.8, 4) is 45.0 Å². The van der Waals surface area contributed by atoms with E-state index < -0.39 is 0 Å². The lowest BCUT2D eigenvalue weighted by Gasteiger charge is -2.14. The third kappa shape index (κ3) is 4.76. The number of hydrogen-bond donors (Lipinski definition) is 0. The summed E-state index contributed by atoms with van der Waals surface area (Å²) in [7, 11) is 0. The Morgan fingerprint density at radius 1 is 0.365 bits per heavy atom. The number of aryl methyl sites for hydroxylation is 2. The summed E-state index contributed by atoms with van der Waals surface area (Å²) in [4.78, 5) is 9.80. The Balaban J connectivity index is 1.05. The number of hydrogen-bond acceptors (Lipinski definition) is 2. The van der Waals surface area contributed by atoms with Gasteiger partial charge >= 0.3 is 0 Å². The number of pyridine rings is 2. The topological polar surface area (TPSA) is 35.6 Å². The van der Waals surface area contributed by atoms with Crippen LogP contribution in [0.1, 0.15) is 11.1 Å². The van der Waals surface area contributed by atoms with Crippen molar-refractivity contribution in [3.05, 3.63) is 181 Å². The Morgan fingerprint density at radius 3 is 1.08 bits per heavy atom. The number of rotatable bonds is 5. The van der Waals surface area contributed by atoms with Gasteiger partial charge in [-0.15, -0.1) is 0 Å². The Morgan fingerprint density at radius 2 is 0.712 bits per heavy atom. The zero-order chi connectivity index (χ0) is 34.8. The minimum absolute atomic E-state index is 0.945. The van der Waals surface area contributed by atoms with E-state index in [1.165, 1.54) is 54.7 Å². The summed E-state index contributed by atoms with van der Waals surface area (Å²) in [6, 6.07) is 56.6. The van der Waals surface area contributed by atoms with Crippen molar-refractivity contribution in [1.82, 2.24) is 19.1 Å². The summed E-state index contributed by atoms with van der Waals surface area (Å²) < 4.78 is 4.73. The molecule has 0 spiro atoms. The van der Waals surface area contributed by atoms with Crippen molar-refractivity contribution in [3.63, 3.8) is 0 Å². The van der Waals surface area contributed by atoms with Crippen molar-refractivity contribution < 1.29 is 0 Å². The van der Waals surface area contributed by atoms with E-state index in [-0.39, 0.29) is 0 Å². The van der Waals surface area contributed by atoms with Crippen LogP contribution in [-0.4, -0.2) is 19.1 Å². The number of para-hydroxylation sites is 4. The molecule has 0 atom stereocenters. The molecule has 0 saturated heterocycles. The fraction of sp³-hybridized carbons (Fsp3) is 0.0417. The SMILES string of the molecule is Cc1ccc(-n2c3ccccc3c3ccccc32)cc1-c1cc(-c2ccnc(-c3cc(-n4c5ccccc5c5ccccc54)ccc3C)c2)ccn1. The van der Waals surface area contributed by atoms with Crippen molar-refractivity contribution in [2.45, 2.75) is 13.8 Å². The van der Waals surface area contributed by atoms with Gasteiger partial charge in [0.1, 0.15) is 0 Å². The molecule has 0 unspecified atom stereocenters. The normalized spacial score (nSPS) is 11.7. The fourth-order valence-corrected chi connectivity index (χ4v) is 7.97. The first kappa shape index (κ1) is 30.1.